The molecule has 3 N–H and O–H groups in total. The Morgan fingerprint density at radius 3 is 2.89 bits per heavy atom. The van der Waals surface area contributed by atoms with Crippen LogP contribution in [0.2, 0.25) is 5.28 Å². The molecular weight excluding hydrogens is 268 g/mol. The van der Waals surface area contributed by atoms with Gasteiger partial charge in [0.25, 0.3) is 0 Å². The monoisotopic (exact) mass is 284 g/mol. The first kappa shape index (κ1) is 14.0. The number of hydrogen-bond acceptors (Lipinski definition) is 6. The van der Waals surface area contributed by atoms with Gasteiger partial charge in [0, 0.05) is 19.6 Å². The van der Waals surface area contributed by atoms with E-state index in [1.807, 2.05) is 18.9 Å². The van der Waals surface area contributed by atoms with Gasteiger partial charge in [0.2, 0.25) is 5.28 Å². The summed E-state index contributed by atoms with van der Waals surface area (Å²) in [6, 6.07) is 0. The second-order valence-corrected chi connectivity index (χ2v) is 4.67. The van der Waals surface area contributed by atoms with E-state index in [0.29, 0.717) is 24.6 Å². The van der Waals surface area contributed by atoms with Crippen LogP contribution in [-0.4, -0.2) is 63.5 Å². The van der Waals surface area contributed by atoms with Gasteiger partial charge in [-0.15, -0.1) is 0 Å². The van der Waals surface area contributed by atoms with Crippen molar-refractivity contribution in [3.63, 3.8) is 0 Å². The molecular formula is C11H17ClN6O. The number of rotatable bonds is 6. The van der Waals surface area contributed by atoms with Crippen molar-refractivity contribution in [2.45, 2.75) is 6.92 Å². The summed E-state index contributed by atoms with van der Waals surface area (Å²) in [7, 11) is 1.95. The van der Waals surface area contributed by atoms with Crippen LogP contribution in [-0.2, 0) is 0 Å². The van der Waals surface area contributed by atoms with Gasteiger partial charge in [-0.05, 0) is 25.6 Å². The van der Waals surface area contributed by atoms with Crippen LogP contribution in [0.4, 0.5) is 5.82 Å². The van der Waals surface area contributed by atoms with Crippen LogP contribution in [0.5, 0.6) is 0 Å². The largest absolute Gasteiger partial charge is 0.395 e. The molecule has 2 aromatic rings. The Balaban J connectivity index is 2.09. The smallest absolute Gasteiger partial charge is 0.226 e. The molecule has 2 rings (SSSR count). The predicted octanol–water partition coefficient (Wildman–Crippen LogP) is 0.651. The zero-order valence-corrected chi connectivity index (χ0v) is 11.7. The number of halogens is 1. The van der Waals surface area contributed by atoms with Gasteiger partial charge in [-0.3, -0.25) is 5.10 Å². The lowest BCUT2D eigenvalue weighted by atomic mass is 10.3. The van der Waals surface area contributed by atoms with Gasteiger partial charge in [-0.1, -0.05) is 0 Å². The number of aromatic nitrogens is 4. The lowest BCUT2D eigenvalue weighted by Crippen LogP contribution is -2.28. The van der Waals surface area contributed by atoms with Crippen LogP contribution in [0.3, 0.4) is 0 Å². The maximum absolute atomic E-state index is 8.83. The van der Waals surface area contributed by atoms with Gasteiger partial charge in [0.15, 0.2) is 5.65 Å². The summed E-state index contributed by atoms with van der Waals surface area (Å²) in [4.78, 5) is 10.3. The minimum absolute atomic E-state index is 0.154. The van der Waals surface area contributed by atoms with E-state index in [0.717, 1.165) is 17.6 Å². The lowest BCUT2D eigenvalue weighted by Gasteiger charge is -2.15. The molecule has 0 fully saturated rings. The second kappa shape index (κ2) is 6.14. The molecule has 0 aromatic carbocycles. The van der Waals surface area contributed by atoms with Gasteiger partial charge in [-0.25, -0.2) is 0 Å². The van der Waals surface area contributed by atoms with Crippen molar-refractivity contribution < 1.29 is 5.11 Å². The van der Waals surface area contributed by atoms with Crippen LogP contribution in [0.1, 0.15) is 5.69 Å². The van der Waals surface area contributed by atoms with Crippen molar-refractivity contribution in [2.75, 3.05) is 38.6 Å². The third-order valence-electron chi connectivity index (χ3n) is 2.84. The van der Waals surface area contributed by atoms with Crippen molar-refractivity contribution in [2.24, 2.45) is 0 Å². The number of hydrogen-bond donors (Lipinski definition) is 3. The van der Waals surface area contributed by atoms with Crippen molar-refractivity contribution in [1.82, 2.24) is 25.1 Å². The molecule has 7 nitrogen and oxygen atoms in total. The van der Waals surface area contributed by atoms with Gasteiger partial charge in [-0.2, -0.15) is 15.1 Å². The Morgan fingerprint density at radius 2 is 2.16 bits per heavy atom. The lowest BCUT2D eigenvalue weighted by molar-refractivity contribution is 0.225. The highest BCUT2D eigenvalue weighted by Crippen LogP contribution is 2.22. The number of aliphatic hydroxyl groups is 1. The molecule has 0 aliphatic rings. The Bertz CT molecular complexity index is 557. The average Bonchev–Trinajstić information content (AvgIpc) is 2.71. The number of nitrogens with zero attached hydrogens (tertiary/aromatic N) is 4. The maximum atomic E-state index is 8.83. The number of aromatic amines is 1. The zero-order chi connectivity index (χ0) is 13.8. The zero-order valence-electron chi connectivity index (χ0n) is 10.9. The first-order chi connectivity index (χ1) is 9.11. The van der Waals surface area contributed by atoms with E-state index in [1.54, 1.807) is 0 Å². The van der Waals surface area contributed by atoms with Crippen molar-refractivity contribution in [3.05, 3.63) is 11.0 Å². The Hall–Kier alpha value is -1.44. The van der Waals surface area contributed by atoms with Gasteiger partial charge in [0.1, 0.15) is 5.82 Å². The molecule has 0 radical (unpaired) electrons. The number of anilines is 1. The molecule has 0 aliphatic heterocycles. The van der Waals surface area contributed by atoms with Gasteiger partial charge >= 0.3 is 0 Å². The maximum Gasteiger partial charge on any atom is 0.226 e. The second-order valence-electron chi connectivity index (χ2n) is 4.33. The van der Waals surface area contributed by atoms with Crippen molar-refractivity contribution in [3.8, 4) is 0 Å². The number of aryl methyl sites for hydroxylation is 1. The summed E-state index contributed by atoms with van der Waals surface area (Å²) in [5, 5.41) is 20.0. The summed E-state index contributed by atoms with van der Waals surface area (Å²) in [6.07, 6.45) is 0. The summed E-state index contributed by atoms with van der Waals surface area (Å²) in [5.74, 6) is 0.679. The van der Waals surface area contributed by atoms with Crippen LogP contribution in [0.25, 0.3) is 11.0 Å². The molecule has 2 aromatic heterocycles. The van der Waals surface area contributed by atoms with Gasteiger partial charge < -0.3 is 15.3 Å². The summed E-state index contributed by atoms with van der Waals surface area (Å²) in [5.41, 5.74) is 1.46. The van der Waals surface area contributed by atoms with E-state index in [9.17, 15) is 0 Å². The summed E-state index contributed by atoms with van der Waals surface area (Å²) < 4.78 is 0. The molecule has 0 unspecified atom stereocenters. The molecule has 0 bridgehead atoms. The molecule has 0 atom stereocenters. The molecule has 104 valence electrons. The molecule has 19 heavy (non-hydrogen) atoms. The van der Waals surface area contributed by atoms with E-state index >= 15 is 0 Å². The highest BCUT2D eigenvalue weighted by Gasteiger charge is 2.11. The number of likely N-dealkylation sites (N-methyl/N-ethyl adjacent to an activating group) is 1. The first-order valence-corrected chi connectivity index (χ1v) is 6.41. The fraction of sp³-hybridized carbons (Fsp3) is 0.545. The number of aliphatic hydroxyl groups excluding tert-OH is 1. The van der Waals surface area contributed by atoms with Gasteiger partial charge in [0.05, 0.1) is 17.7 Å². The highest BCUT2D eigenvalue weighted by atomic mass is 35.5. The molecule has 0 saturated heterocycles. The molecule has 2 heterocycles. The Kier molecular flexibility index (Phi) is 4.52. The van der Waals surface area contributed by atoms with Crippen LogP contribution >= 0.6 is 11.6 Å². The third-order valence-corrected chi connectivity index (χ3v) is 3.01. The predicted molar refractivity (Wildman–Crippen MR) is 74.5 cm³/mol. The standard InChI is InChI=1S/C11H17ClN6O/c1-7-8-9(13-3-4-18(2)5-6-19)14-11(12)15-10(8)17-16-7/h19H,3-6H2,1-2H3,(H2,13,14,15,16,17). The van der Waals surface area contributed by atoms with Crippen molar-refractivity contribution >= 4 is 28.5 Å². The molecule has 0 amide bonds. The normalized spacial score (nSPS) is 11.4. The van der Waals surface area contributed by atoms with Crippen LogP contribution < -0.4 is 5.32 Å². The van der Waals surface area contributed by atoms with Crippen molar-refractivity contribution in [1.29, 1.82) is 0 Å². The fourth-order valence-electron chi connectivity index (χ4n) is 1.83. The molecule has 8 heteroatoms. The number of fused-ring (bicyclic) bond motifs is 1. The van der Waals surface area contributed by atoms with Crippen LogP contribution in [0, 0.1) is 6.92 Å². The summed E-state index contributed by atoms with van der Waals surface area (Å²) in [6.45, 7) is 4.18. The minimum Gasteiger partial charge on any atom is -0.395 e. The number of H-pyrrole nitrogens is 1. The van der Waals surface area contributed by atoms with E-state index < -0.39 is 0 Å². The quantitative estimate of drug-likeness (QED) is 0.675. The molecule has 0 saturated carbocycles. The van der Waals surface area contributed by atoms with E-state index in [2.05, 4.69) is 25.5 Å². The first-order valence-electron chi connectivity index (χ1n) is 6.03. The number of nitrogens with one attached hydrogen (secondary N) is 2. The third kappa shape index (κ3) is 3.31. The average molecular weight is 285 g/mol. The molecule has 0 aliphatic carbocycles. The highest BCUT2D eigenvalue weighted by molar-refractivity contribution is 6.28. The molecule has 0 spiro atoms. The Labute approximate surface area is 116 Å². The Morgan fingerprint density at radius 1 is 1.37 bits per heavy atom. The SMILES string of the molecule is Cc1n[nH]c2nc(Cl)nc(NCCN(C)CCO)c12. The minimum atomic E-state index is 0.154. The summed E-state index contributed by atoms with van der Waals surface area (Å²) >= 11 is 5.87. The van der Waals surface area contributed by atoms with E-state index in [-0.39, 0.29) is 11.9 Å². The fourth-order valence-corrected chi connectivity index (χ4v) is 1.99. The van der Waals surface area contributed by atoms with Crippen LogP contribution in [0.15, 0.2) is 0 Å². The van der Waals surface area contributed by atoms with E-state index in [4.69, 9.17) is 16.7 Å². The topological polar surface area (TPSA) is 90.0 Å². The van der Waals surface area contributed by atoms with E-state index in [1.165, 1.54) is 0 Å².